The molecule has 2 fully saturated rings. The normalized spacial score (nSPS) is 26.0. The van der Waals surface area contributed by atoms with E-state index in [1.165, 1.54) is 0 Å². The van der Waals surface area contributed by atoms with Gasteiger partial charge in [-0.3, -0.25) is 14.4 Å². The smallest absolute Gasteiger partial charge is 0.256 e. The number of hydrogen-bond donors (Lipinski definition) is 2. The van der Waals surface area contributed by atoms with Gasteiger partial charge in [0.2, 0.25) is 11.8 Å². The Bertz CT molecular complexity index is 760. The SMILES string of the molecule is O=C(N[C@H]1CCN2C(=O)c3cc(Br)ccc3NC(=O)[C@@H]2C1)C1CCCC1. The number of piperidine rings is 1. The molecule has 0 unspecified atom stereocenters. The third kappa shape index (κ3) is 3.24. The summed E-state index contributed by atoms with van der Waals surface area (Å²) in [5, 5.41) is 5.99. The molecule has 2 atom stereocenters. The summed E-state index contributed by atoms with van der Waals surface area (Å²) in [4.78, 5) is 39.7. The standard InChI is InChI=1S/C19H22BrN3O3/c20-12-5-6-15-14(9-12)19(26)23-8-7-13(10-16(23)18(25)22-15)21-17(24)11-3-1-2-4-11/h5-6,9,11,13,16H,1-4,7-8,10H2,(H,21,24)(H,22,25)/t13-,16-/m0/s1. The molecule has 0 bridgehead atoms. The molecular formula is C19H22BrN3O3. The number of carbonyl (C=O) groups is 3. The molecule has 2 aliphatic heterocycles. The molecule has 1 aliphatic carbocycles. The molecule has 1 aromatic carbocycles. The third-order valence-electron chi connectivity index (χ3n) is 5.71. The van der Waals surface area contributed by atoms with Gasteiger partial charge in [0.1, 0.15) is 6.04 Å². The largest absolute Gasteiger partial charge is 0.353 e. The van der Waals surface area contributed by atoms with E-state index in [2.05, 4.69) is 26.6 Å². The van der Waals surface area contributed by atoms with E-state index >= 15 is 0 Å². The molecule has 26 heavy (non-hydrogen) atoms. The Hall–Kier alpha value is -1.89. The van der Waals surface area contributed by atoms with Gasteiger partial charge in [-0.25, -0.2) is 0 Å². The van der Waals surface area contributed by atoms with Crippen molar-refractivity contribution in [2.45, 2.75) is 50.6 Å². The fourth-order valence-corrected chi connectivity index (χ4v) is 4.63. The molecule has 138 valence electrons. The highest BCUT2D eigenvalue weighted by atomic mass is 79.9. The first-order chi connectivity index (χ1) is 12.5. The van der Waals surface area contributed by atoms with Crippen LogP contribution in [0.15, 0.2) is 22.7 Å². The van der Waals surface area contributed by atoms with E-state index in [1.54, 1.807) is 23.1 Å². The van der Waals surface area contributed by atoms with E-state index in [4.69, 9.17) is 0 Å². The highest BCUT2D eigenvalue weighted by molar-refractivity contribution is 9.10. The lowest BCUT2D eigenvalue weighted by molar-refractivity contribution is -0.127. The van der Waals surface area contributed by atoms with Crippen LogP contribution in [0.2, 0.25) is 0 Å². The maximum absolute atomic E-state index is 12.9. The molecule has 0 radical (unpaired) electrons. The molecule has 6 nitrogen and oxygen atoms in total. The molecule has 1 aromatic rings. The van der Waals surface area contributed by atoms with Gasteiger partial charge in [-0.1, -0.05) is 28.8 Å². The number of benzene rings is 1. The Balaban J connectivity index is 1.50. The number of halogens is 1. The second-order valence-corrected chi connectivity index (χ2v) is 8.32. The zero-order valence-corrected chi connectivity index (χ0v) is 16.0. The molecule has 0 aromatic heterocycles. The number of nitrogens with zero attached hydrogens (tertiary/aromatic N) is 1. The Morgan fingerprint density at radius 1 is 1.19 bits per heavy atom. The zero-order valence-electron chi connectivity index (χ0n) is 14.5. The van der Waals surface area contributed by atoms with Gasteiger partial charge < -0.3 is 15.5 Å². The molecular weight excluding hydrogens is 398 g/mol. The van der Waals surface area contributed by atoms with Crippen LogP contribution in [0.25, 0.3) is 0 Å². The summed E-state index contributed by atoms with van der Waals surface area (Å²) < 4.78 is 0.802. The van der Waals surface area contributed by atoms with Crippen molar-refractivity contribution in [3.63, 3.8) is 0 Å². The first kappa shape index (κ1) is 17.5. The third-order valence-corrected chi connectivity index (χ3v) is 6.20. The van der Waals surface area contributed by atoms with Gasteiger partial charge >= 0.3 is 0 Å². The molecule has 4 rings (SSSR count). The van der Waals surface area contributed by atoms with Crippen molar-refractivity contribution in [2.75, 3.05) is 11.9 Å². The zero-order chi connectivity index (χ0) is 18.3. The summed E-state index contributed by atoms with van der Waals surface area (Å²) in [6.07, 6.45) is 5.28. The van der Waals surface area contributed by atoms with E-state index < -0.39 is 6.04 Å². The average molecular weight is 420 g/mol. The summed E-state index contributed by atoms with van der Waals surface area (Å²) in [5.74, 6) is -0.0998. The second-order valence-electron chi connectivity index (χ2n) is 7.40. The van der Waals surface area contributed by atoms with E-state index in [9.17, 15) is 14.4 Å². The predicted molar refractivity (Wildman–Crippen MR) is 101 cm³/mol. The van der Waals surface area contributed by atoms with Gasteiger partial charge in [0, 0.05) is 23.0 Å². The van der Waals surface area contributed by atoms with Crippen LogP contribution in [-0.2, 0) is 9.59 Å². The van der Waals surface area contributed by atoms with Crippen LogP contribution in [0, 0.1) is 5.92 Å². The topological polar surface area (TPSA) is 78.5 Å². The Morgan fingerprint density at radius 2 is 1.96 bits per heavy atom. The number of nitrogens with one attached hydrogen (secondary N) is 2. The van der Waals surface area contributed by atoms with Crippen LogP contribution in [0.1, 0.15) is 48.9 Å². The molecule has 1 saturated carbocycles. The van der Waals surface area contributed by atoms with Crippen molar-refractivity contribution in [2.24, 2.45) is 5.92 Å². The molecule has 3 aliphatic rings. The predicted octanol–water partition coefficient (Wildman–Crippen LogP) is 2.68. The maximum atomic E-state index is 12.9. The first-order valence-electron chi connectivity index (χ1n) is 9.24. The number of anilines is 1. The monoisotopic (exact) mass is 419 g/mol. The van der Waals surface area contributed by atoms with E-state index in [1.807, 2.05) is 0 Å². The van der Waals surface area contributed by atoms with Crippen molar-refractivity contribution in [3.8, 4) is 0 Å². The summed E-state index contributed by atoms with van der Waals surface area (Å²) in [7, 11) is 0. The highest BCUT2D eigenvalue weighted by Gasteiger charge is 2.40. The van der Waals surface area contributed by atoms with Crippen molar-refractivity contribution < 1.29 is 14.4 Å². The van der Waals surface area contributed by atoms with Gasteiger partial charge in [0.25, 0.3) is 5.91 Å². The maximum Gasteiger partial charge on any atom is 0.256 e. The quantitative estimate of drug-likeness (QED) is 0.773. The van der Waals surface area contributed by atoms with Gasteiger partial charge in [-0.05, 0) is 43.9 Å². The van der Waals surface area contributed by atoms with Gasteiger partial charge in [-0.2, -0.15) is 0 Å². The molecule has 3 amide bonds. The Morgan fingerprint density at radius 3 is 2.73 bits per heavy atom. The summed E-state index contributed by atoms with van der Waals surface area (Å²) in [6, 6.07) is 4.69. The fourth-order valence-electron chi connectivity index (χ4n) is 4.27. The lowest BCUT2D eigenvalue weighted by atomic mass is 9.95. The summed E-state index contributed by atoms with van der Waals surface area (Å²) >= 11 is 3.38. The van der Waals surface area contributed by atoms with Crippen molar-refractivity contribution in [3.05, 3.63) is 28.2 Å². The number of rotatable bonds is 2. The van der Waals surface area contributed by atoms with Crippen LogP contribution in [0.5, 0.6) is 0 Å². The van der Waals surface area contributed by atoms with E-state index in [-0.39, 0.29) is 29.7 Å². The first-order valence-corrected chi connectivity index (χ1v) is 10.0. The molecule has 1 saturated heterocycles. The minimum Gasteiger partial charge on any atom is -0.353 e. The van der Waals surface area contributed by atoms with Gasteiger partial charge in [0.15, 0.2) is 0 Å². The number of hydrogen-bond acceptors (Lipinski definition) is 3. The lowest BCUT2D eigenvalue weighted by Crippen LogP contribution is -2.55. The van der Waals surface area contributed by atoms with Crippen LogP contribution in [-0.4, -0.2) is 41.2 Å². The molecule has 2 N–H and O–H groups in total. The lowest BCUT2D eigenvalue weighted by Gasteiger charge is -2.37. The van der Waals surface area contributed by atoms with E-state index in [0.29, 0.717) is 30.6 Å². The molecule has 0 spiro atoms. The van der Waals surface area contributed by atoms with Crippen LogP contribution < -0.4 is 10.6 Å². The number of fused-ring (bicyclic) bond motifs is 2. The Kier molecular flexibility index (Phi) is 4.73. The number of carbonyl (C=O) groups excluding carboxylic acids is 3. The van der Waals surface area contributed by atoms with Crippen molar-refractivity contribution >= 4 is 39.3 Å². The van der Waals surface area contributed by atoms with Gasteiger partial charge in [-0.15, -0.1) is 0 Å². The Labute approximate surface area is 160 Å². The molecule has 7 heteroatoms. The van der Waals surface area contributed by atoms with Crippen molar-refractivity contribution in [1.82, 2.24) is 10.2 Å². The minimum atomic E-state index is -0.545. The van der Waals surface area contributed by atoms with E-state index in [0.717, 1.165) is 30.2 Å². The minimum absolute atomic E-state index is 0.0594. The number of amides is 3. The average Bonchev–Trinajstić information content (AvgIpc) is 3.14. The fraction of sp³-hybridized carbons (Fsp3) is 0.526. The van der Waals surface area contributed by atoms with Crippen LogP contribution >= 0.6 is 15.9 Å². The van der Waals surface area contributed by atoms with Gasteiger partial charge in [0.05, 0.1) is 11.3 Å². The second kappa shape index (κ2) is 7.02. The molecule has 2 heterocycles. The summed E-state index contributed by atoms with van der Waals surface area (Å²) in [6.45, 7) is 0.471. The highest BCUT2D eigenvalue weighted by Crippen LogP contribution is 2.31. The van der Waals surface area contributed by atoms with Crippen LogP contribution in [0.3, 0.4) is 0 Å². The summed E-state index contributed by atoms with van der Waals surface area (Å²) in [5.41, 5.74) is 1.05. The van der Waals surface area contributed by atoms with Crippen LogP contribution in [0.4, 0.5) is 5.69 Å². The van der Waals surface area contributed by atoms with Crippen molar-refractivity contribution in [1.29, 1.82) is 0 Å².